The standard InChI is InChI=1S/C13H16ClNO/c1-9-4-6-10(7-5-9)11-8-15(3)12(16)13(11,2)14/h4-7,11H,8H2,1-3H3/t11-,13?/m0/s1. The van der Waals surface area contributed by atoms with Crippen LogP contribution in [-0.2, 0) is 4.79 Å². The SMILES string of the molecule is Cc1ccc([C@@H]2CN(C)C(=O)C2(C)Cl)cc1. The maximum atomic E-state index is 11.9. The molecule has 1 amide bonds. The molecule has 0 N–H and O–H groups in total. The molecule has 0 saturated carbocycles. The summed E-state index contributed by atoms with van der Waals surface area (Å²) in [6.07, 6.45) is 0. The van der Waals surface area contributed by atoms with Crippen LogP contribution in [0, 0.1) is 6.92 Å². The maximum Gasteiger partial charge on any atom is 0.243 e. The molecule has 0 radical (unpaired) electrons. The molecule has 0 spiro atoms. The summed E-state index contributed by atoms with van der Waals surface area (Å²) in [5.74, 6) is 0.0898. The van der Waals surface area contributed by atoms with Gasteiger partial charge in [-0.1, -0.05) is 29.8 Å². The van der Waals surface area contributed by atoms with Crippen LogP contribution in [0.4, 0.5) is 0 Å². The number of carbonyl (C=O) groups excluding carboxylic acids is 1. The molecule has 3 heteroatoms. The van der Waals surface area contributed by atoms with Crippen LogP contribution in [0.5, 0.6) is 0 Å². The van der Waals surface area contributed by atoms with E-state index in [1.165, 1.54) is 5.56 Å². The Morgan fingerprint density at radius 3 is 2.38 bits per heavy atom. The lowest BCUT2D eigenvalue weighted by atomic mass is 9.89. The van der Waals surface area contributed by atoms with Gasteiger partial charge in [0.05, 0.1) is 0 Å². The lowest BCUT2D eigenvalue weighted by Gasteiger charge is -2.21. The highest BCUT2D eigenvalue weighted by molar-refractivity contribution is 6.36. The zero-order valence-corrected chi connectivity index (χ0v) is 10.6. The van der Waals surface area contributed by atoms with E-state index in [1.807, 2.05) is 6.92 Å². The van der Waals surface area contributed by atoms with E-state index in [1.54, 1.807) is 11.9 Å². The average molecular weight is 238 g/mol. The number of alkyl halides is 1. The van der Waals surface area contributed by atoms with Crippen LogP contribution in [0.2, 0.25) is 0 Å². The number of likely N-dealkylation sites (tertiary alicyclic amines) is 1. The molecule has 1 aromatic carbocycles. The number of rotatable bonds is 1. The number of likely N-dealkylation sites (N-methyl/N-ethyl adjacent to an activating group) is 1. The Morgan fingerprint density at radius 2 is 1.94 bits per heavy atom. The van der Waals surface area contributed by atoms with Gasteiger partial charge in [-0.2, -0.15) is 0 Å². The topological polar surface area (TPSA) is 20.3 Å². The van der Waals surface area contributed by atoms with Crippen LogP contribution in [0.15, 0.2) is 24.3 Å². The van der Waals surface area contributed by atoms with E-state index in [2.05, 4.69) is 31.2 Å². The van der Waals surface area contributed by atoms with Crippen LogP contribution >= 0.6 is 11.6 Å². The lowest BCUT2D eigenvalue weighted by Crippen LogP contribution is -2.32. The maximum absolute atomic E-state index is 11.9. The second kappa shape index (κ2) is 3.77. The fourth-order valence-corrected chi connectivity index (χ4v) is 2.61. The van der Waals surface area contributed by atoms with Crippen molar-refractivity contribution in [1.82, 2.24) is 4.90 Å². The molecule has 1 saturated heterocycles. The average Bonchev–Trinajstić information content (AvgIpc) is 2.44. The van der Waals surface area contributed by atoms with Crippen molar-refractivity contribution in [1.29, 1.82) is 0 Å². The highest BCUT2D eigenvalue weighted by Gasteiger charge is 2.48. The minimum Gasteiger partial charge on any atom is -0.344 e. The van der Waals surface area contributed by atoms with Crippen molar-refractivity contribution < 1.29 is 4.79 Å². The first kappa shape index (κ1) is 11.5. The van der Waals surface area contributed by atoms with Crippen molar-refractivity contribution in [2.45, 2.75) is 24.6 Å². The van der Waals surface area contributed by atoms with Crippen molar-refractivity contribution in [2.75, 3.05) is 13.6 Å². The molecule has 1 heterocycles. The van der Waals surface area contributed by atoms with Gasteiger partial charge in [0.2, 0.25) is 5.91 Å². The number of hydrogen-bond donors (Lipinski definition) is 0. The van der Waals surface area contributed by atoms with Crippen molar-refractivity contribution >= 4 is 17.5 Å². The van der Waals surface area contributed by atoms with E-state index >= 15 is 0 Å². The normalized spacial score (nSPS) is 29.9. The van der Waals surface area contributed by atoms with Crippen molar-refractivity contribution in [3.8, 4) is 0 Å². The summed E-state index contributed by atoms with van der Waals surface area (Å²) in [7, 11) is 1.80. The van der Waals surface area contributed by atoms with Gasteiger partial charge >= 0.3 is 0 Å². The van der Waals surface area contributed by atoms with E-state index < -0.39 is 4.87 Å². The second-order valence-corrected chi connectivity index (χ2v) is 5.51. The lowest BCUT2D eigenvalue weighted by molar-refractivity contribution is -0.128. The first-order valence-electron chi connectivity index (χ1n) is 5.44. The van der Waals surface area contributed by atoms with Gasteiger partial charge < -0.3 is 4.90 Å². The molecule has 1 unspecified atom stereocenters. The van der Waals surface area contributed by atoms with Crippen LogP contribution in [0.3, 0.4) is 0 Å². The first-order chi connectivity index (χ1) is 7.43. The monoisotopic (exact) mass is 237 g/mol. The summed E-state index contributed by atoms with van der Waals surface area (Å²) in [5.41, 5.74) is 2.36. The Morgan fingerprint density at radius 1 is 1.38 bits per heavy atom. The van der Waals surface area contributed by atoms with E-state index in [4.69, 9.17) is 11.6 Å². The number of nitrogens with zero attached hydrogens (tertiary/aromatic N) is 1. The molecule has 1 aliphatic heterocycles. The summed E-state index contributed by atoms with van der Waals surface area (Å²) in [4.78, 5) is 12.8. The zero-order chi connectivity index (χ0) is 11.9. The smallest absolute Gasteiger partial charge is 0.243 e. The van der Waals surface area contributed by atoms with E-state index in [0.29, 0.717) is 6.54 Å². The Hall–Kier alpha value is -1.02. The Balaban J connectivity index is 2.35. The second-order valence-electron chi connectivity index (χ2n) is 4.72. The molecule has 0 aromatic heterocycles. The first-order valence-corrected chi connectivity index (χ1v) is 5.82. The number of hydrogen-bond acceptors (Lipinski definition) is 1. The van der Waals surface area contributed by atoms with Crippen LogP contribution in [0.1, 0.15) is 24.0 Å². The van der Waals surface area contributed by atoms with Crippen LogP contribution in [-0.4, -0.2) is 29.3 Å². The highest BCUT2D eigenvalue weighted by atomic mass is 35.5. The Kier molecular flexibility index (Phi) is 2.70. The summed E-state index contributed by atoms with van der Waals surface area (Å²) >= 11 is 6.36. The molecule has 2 rings (SSSR count). The van der Waals surface area contributed by atoms with Gasteiger partial charge in [-0.15, -0.1) is 11.6 Å². The van der Waals surface area contributed by atoms with E-state index in [9.17, 15) is 4.79 Å². The molecule has 1 aliphatic rings. The molecule has 16 heavy (non-hydrogen) atoms. The van der Waals surface area contributed by atoms with Crippen molar-refractivity contribution in [2.24, 2.45) is 0 Å². The van der Waals surface area contributed by atoms with Crippen LogP contribution in [0.25, 0.3) is 0 Å². The zero-order valence-electron chi connectivity index (χ0n) is 9.83. The summed E-state index contributed by atoms with van der Waals surface area (Å²) in [6, 6.07) is 8.25. The van der Waals surface area contributed by atoms with Gasteiger partial charge in [0.25, 0.3) is 0 Å². The van der Waals surface area contributed by atoms with Crippen LogP contribution < -0.4 is 0 Å². The largest absolute Gasteiger partial charge is 0.344 e. The number of benzene rings is 1. The quantitative estimate of drug-likeness (QED) is 0.688. The molecule has 1 fully saturated rings. The predicted octanol–water partition coefficient (Wildman–Crippen LogP) is 2.55. The highest BCUT2D eigenvalue weighted by Crippen LogP contribution is 2.40. The predicted molar refractivity (Wildman–Crippen MR) is 65.8 cm³/mol. The van der Waals surface area contributed by atoms with Gasteiger partial charge in [0.1, 0.15) is 4.87 Å². The molecule has 2 atom stereocenters. The molecular formula is C13H16ClNO. The third-order valence-corrected chi connectivity index (χ3v) is 3.78. The number of aryl methyl sites for hydroxylation is 1. The molecule has 2 nitrogen and oxygen atoms in total. The van der Waals surface area contributed by atoms with Gasteiger partial charge in [-0.05, 0) is 19.4 Å². The Bertz CT molecular complexity index is 410. The molecule has 0 aliphatic carbocycles. The van der Waals surface area contributed by atoms with Gasteiger partial charge in [0.15, 0.2) is 0 Å². The van der Waals surface area contributed by atoms with Gasteiger partial charge in [-0.25, -0.2) is 0 Å². The fraction of sp³-hybridized carbons (Fsp3) is 0.462. The van der Waals surface area contributed by atoms with Crippen molar-refractivity contribution in [3.05, 3.63) is 35.4 Å². The summed E-state index contributed by atoms with van der Waals surface area (Å²) < 4.78 is 0. The number of halogens is 1. The van der Waals surface area contributed by atoms with Gasteiger partial charge in [-0.3, -0.25) is 4.79 Å². The summed E-state index contributed by atoms with van der Waals surface area (Å²) in [5, 5.41) is 0. The Labute approximate surface area is 101 Å². The molecule has 86 valence electrons. The number of amides is 1. The minimum atomic E-state index is -0.802. The van der Waals surface area contributed by atoms with Gasteiger partial charge in [0, 0.05) is 19.5 Å². The fourth-order valence-electron chi connectivity index (χ4n) is 2.27. The molecular weight excluding hydrogens is 222 g/mol. The molecule has 0 bridgehead atoms. The third-order valence-electron chi connectivity index (χ3n) is 3.36. The van der Waals surface area contributed by atoms with Crippen molar-refractivity contribution in [3.63, 3.8) is 0 Å². The van der Waals surface area contributed by atoms with E-state index in [0.717, 1.165) is 5.56 Å². The molecule has 1 aromatic rings. The summed E-state index contributed by atoms with van der Waals surface area (Å²) in [6.45, 7) is 4.56. The van der Waals surface area contributed by atoms with E-state index in [-0.39, 0.29) is 11.8 Å². The number of carbonyl (C=O) groups is 1. The minimum absolute atomic E-state index is 0.0136. The third kappa shape index (κ3) is 1.71.